The molecule has 0 N–H and O–H groups in total. The second-order valence-corrected chi connectivity index (χ2v) is 10.2. The Kier molecular flexibility index (Phi) is 8.12. The van der Waals surface area contributed by atoms with Gasteiger partial charge in [0, 0.05) is 24.9 Å². The quantitative estimate of drug-likeness (QED) is 0.109. The number of benzene rings is 1. The topological polar surface area (TPSA) is 124 Å². The molecule has 0 saturated heterocycles. The minimum atomic E-state index is -4.84. The van der Waals surface area contributed by atoms with Gasteiger partial charge >= 0.3 is 19.3 Å². The molecule has 1 aromatic carbocycles. The molecule has 0 aliphatic carbocycles. The van der Waals surface area contributed by atoms with Gasteiger partial charge in [-0.05, 0) is 24.3 Å². The maximum atomic E-state index is 15.4. The van der Waals surface area contributed by atoms with Crippen LogP contribution in [0.25, 0.3) is 28.2 Å². The van der Waals surface area contributed by atoms with Crippen molar-refractivity contribution >= 4 is 11.6 Å². The van der Waals surface area contributed by atoms with Gasteiger partial charge in [0.25, 0.3) is 0 Å². The van der Waals surface area contributed by atoms with Crippen molar-refractivity contribution in [3.05, 3.63) is 101 Å². The van der Waals surface area contributed by atoms with Crippen molar-refractivity contribution in [3.63, 3.8) is 0 Å². The molecule has 0 radical (unpaired) electrons. The summed E-state index contributed by atoms with van der Waals surface area (Å²) in [6, 6.07) is 4.96. The lowest BCUT2D eigenvalue weighted by atomic mass is 10.0. The summed E-state index contributed by atoms with van der Waals surface area (Å²) in [5.41, 5.74) is -2.00. The van der Waals surface area contributed by atoms with Crippen LogP contribution in [-0.4, -0.2) is 49.3 Å². The van der Waals surface area contributed by atoms with Gasteiger partial charge in [-0.2, -0.15) is 55.4 Å². The van der Waals surface area contributed by atoms with Crippen molar-refractivity contribution < 1.29 is 39.9 Å². The Hall–Kier alpha value is -5.40. The predicted octanol–water partition coefficient (Wildman–Crippen LogP) is 5.65. The summed E-state index contributed by atoms with van der Waals surface area (Å²) in [6.07, 6.45) is 0.779. The lowest BCUT2D eigenvalue weighted by molar-refractivity contribution is -0.615. The van der Waals surface area contributed by atoms with Crippen LogP contribution in [0.2, 0.25) is 5.02 Å². The Labute approximate surface area is 261 Å². The molecule has 12 nitrogen and oxygen atoms in total. The van der Waals surface area contributed by atoms with Crippen molar-refractivity contribution in [2.45, 2.75) is 31.7 Å². The molecule has 0 fully saturated rings. The van der Waals surface area contributed by atoms with E-state index in [-0.39, 0.29) is 46.0 Å². The third-order valence-electron chi connectivity index (χ3n) is 6.88. The normalized spacial score (nSPS) is 12.8. The molecule has 5 heterocycles. The zero-order valence-electron chi connectivity index (χ0n) is 23.0. The molecule has 244 valence electrons. The summed E-state index contributed by atoms with van der Waals surface area (Å²) in [6.45, 7) is -5.99. The van der Waals surface area contributed by atoms with E-state index in [4.69, 9.17) is 11.6 Å². The van der Waals surface area contributed by atoms with Crippen LogP contribution >= 0.6 is 11.6 Å². The smallest absolute Gasteiger partial charge is 0.436 e. The van der Waals surface area contributed by atoms with Crippen LogP contribution in [0.4, 0.5) is 35.1 Å². The SMILES string of the molecule is [O-][n+]1cc(-c2c(-n3cc(C(F)(F)F)nn3)ccc(Cl)c2F)ccc1[C@H](Cc1ccn(C(F)F)n1)n1cc(-c2ncnn2C(F)F)cn1. The summed E-state index contributed by atoms with van der Waals surface area (Å²) in [7, 11) is 0. The fourth-order valence-corrected chi connectivity index (χ4v) is 4.92. The van der Waals surface area contributed by atoms with E-state index in [1.165, 1.54) is 41.3 Å². The monoisotopic (exact) mass is 685 g/mol. The largest absolute Gasteiger partial charge is 0.618 e. The standard InChI is InChI=1S/C26H16ClF8N11O/c27-16-2-4-18(44-11-20(39-41-44)26(33,34)35)21(22(16)28)13-1-3-17(45(47)10-13)19(7-15-5-6-42(40-15)24(29)30)43-9-14(8-37-43)23-36-12-38-46(23)25(31)32/h1-6,8-12,19,24-25H,7H2/t19-/m0/s1. The van der Waals surface area contributed by atoms with Gasteiger partial charge in [0.15, 0.2) is 23.5 Å². The highest BCUT2D eigenvalue weighted by atomic mass is 35.5. The Balaban J connectivity index is 1.43. The summed E-state index contributed by atoms with van der Waals surface area (Å²) >= 11 is 5.97. The minimum absolute atomic E-state index is 0.0803. The average molecular weight is 686 g/mol. The van der Waals surface area contributed by atoms with Crippen LogP contribution in [0.5, 0.6) is 0 Å². The summed E-state index contributed by atoms with van der Waals surface area (Å²) in [5.74, 6) is -1.32. The number of rotatable bonds is 9. The van der Waals surface area contributed by atoms with Crippen LogP contribution in [0.1, 0.15) is 36.2 Å². The van der Waals surface area contributed by atoms with E-state index in [0.717, 1.165) is 24.8 Å². The summed E-state index contributed by atoms with van der Waals surface area (Å²) < 4.78 is 111. The molecule has 1 atom stereocenters. The van der Waals surface area contributed by atoms with Crippen molar-refractivity contribution in [2.24, 2.45) is 0 Å². The summed E-state index contributed by atoms with van der Waals surface area (Å²) in [4.78, 5) is 3.82. The predicted molar refractivity (Wildman–Crippen MR) is 144 cm³/mol. The zero-order chi connectivity index (χ0) is 33.6. The number of nitrogens with zero attached hydrogens (tertiary/aromatic N) is 11. The van der Waals surface area contributed by atoms with E-state index in [1.807, 2.05) is 0 Å². The van der Waals surface area contributed by atoms with Crippen molar-refractivity contribution in [1.29, 1.82) is 0 Å². The molecule has 0 spiro atoms. The van der Waals surface area contributed by atoms with Crippen LogP contribution < -0.4 is 4.73 Å². The van der Waals surface area contributed by atoms with Gasteiger partial charge in [0.1, 0.15) is 12.4 Å². The van der Waals surface area contributed by atoms with E-state index < -0.39 is 41.9 Å². The first-order valence-electron chi connectivity index (χ1n) is 13.1. The maximum Gasteiger partial charge on any atom is 0.436 e. The van der Waals surface area contributed by atoms with E-state index in [2.05, 4.69) is 30.6 Å². The first-order valence-corrected chi connectivity index (χ1v) is 13.5. The maximum absolute atomic E-state index is 15.4. The van der Waals surface area contributed by atoms with Crippen LogP contribution in [0.3, 0.4) is 0 Å². The van der Waals surface area contributed by atoms with Gasteiger partial charge in [0.05, 0.1) is 45.5 Å². The second kappa shape index (κ2) is 12.1. The minimum Gasteiger partial charge on any atom is -0.618 e. The first kappa shape index (κ1) is 31.6. The van der Waals surface area contributed by atoms with Crippen molar-refractivity contribution in [3.8, 4) is 28.2 Å². The Bertz CT molecular complexity index is 2050. The molecule has 0 saturated carbocycles. The van der Waals surface area contributed by atoms with Gasteiger partial charge in [-0.25, -0.2) is 18.7 Å². The van der Waals surface area contributed by atoms with Crippen LogP contribution in [0.15, 0.2) is 67.6 Å². The van der Waals surface area contributed by atoms with Crippen LogP contribution in [-0.2, 0) is 12.6 Å². The molecule has 6 rings (SSSR count). The van der Waals surface area contributed by atoms with E-state index in [1.54, 1.807) is 0 Å². The van der Waals surface area contributed by atoms with E-state index in [9.17, 15) is 35.9 Å². The fraction of sp³-hybridized carbons (Fsp3) is 0.192. The highest BCUT2D eigenvalue weighted by molar-refractivity contribution is 6.31. The molecule has 0 aliphatic heterocycles. The van der Waals surface area contributed by atoms with Gasteiger partial charge in [-0.15, -0.1) is 5.10 Å². The molecule has 0 aliphatic rings. The molecule has 0 amide bonds. The lowest BCUT2D eigenvalue weighted by Crippen LogP contribution is -2.36. The number of halogens is 9. The first-order chi connectivity index (χ1) is 22.3. The highest BCUT2D eigenvalue weighted by Gasteiger charge is 2.35. The van der Waals surface area contributed by atoms with Crippen molar-refractivity contribution in [1.82, 2.24) is 49.3 Å². The Morgan fingerprint density at radius 3 is 2.38 bits per heavy atom. The molecular weight excluding hydrogens is 670 g/mol. The second-order valence-electron chi connectivity index (χ2n) is 9.77. The lowest BCUT2D eigenvalue weighted by Gasteiger charge is -2.18. The molecule has 0 bridgehead atoms. The number of aromatic nitrogens is 11. The van der Waals surface area contributed by atoms with E-state index in [0.29, 0.717) is 25.0 Å². The fourth-order valence-electron chi connectivity index (χ4n) is 4.77. The molecule has 47 heavy (non-hydrogen) atoms. The number of hydrogen-bond donors (Lipinski definition) is 0. The van der Waals surface area contributed by atoms with Gasteiger partial charge < -0.3 is 5.21 Å². The Morgan fingerprint density at radius 2 is 1.72 bits per heavy atom. The van der Waals surface area contributed by atoms with E-state index >= 15 is 4.39 Å². The van der Waals surface area contributed by atoms with Gasteiger partial charge in [-0.1, -0.05) is 16.8 Å². The van der Waals surface area contributed by atoms with Crippen LogP contribution in [0, 0.1) is 11.0 Å². The molecule has 21 heteroatoms. The third kappa shape index (κ3) is 6.10. The summed E-state index contributed by atoms with van der Waals surface area (Å²) in [5, 5.41) is 31.1. The number of hydrogen-bond acceptors (Lipinski definition) is 7. The Morgan fingerprint density at radius 1 is 0.936 bits per heavy atom. The van der Waals surface area contributed by atoms with Crippen molar-refractivity contribution in [2.75, 3.05) is 0 Å². The third-order valence-corrected chi connectivity index (χ3v) is 7.17. The van der Waals surface area contributed by atoms with Gasteiger partial charge in [-0.3, -0.25) is 4.68 Å². The molecular formula is C26H16ClF8N11O. The molecule has 0 unspecified atom stereocenters. The average Bonchev–Trinajstić information content (AvgIpc) is 3.83. The molecule has 6 aromatic rings. The molecule has 5 aromatic heterocycles. The highest BCUT2D eigenvalue weighted by Crippen LogP contribution is 2.35. The number of pyridine rings is 1. The zero-order valence-corrected chi connectivity index (χ0v) is 23.8. The number of alkyl halides is 7. The van der Waals surface area contributed by atoms with Gasteiger partial charge in [0.2, 0.25) is 5.69 Å².